The summed E-state index contributed by atoms with van der Waals surface area (Å²) in [4.78, 5) is 22.9. The van der Waals surface area contributed by atoms with Crippen molar-refractivity contribution in [2.45, 2.75) is 11.3 Å². The Balaban J connectivity index is 1.92. The van der Waals surface area contributed by atoms with Crippen LogP contribution in [0.4, 0.5) is 0 Å². The van der Waals surface area contributed by atoms with Gasteiger partial charge in [0.2, 0.25) is 0 Å². The number of carbonyl (C=O) groups excluding carboxylic acids is 2. The van der Waals surface area contributed by atoms with E-state index in [1.807, 2.05) is 6.07 Å². The maximum Gasteiger partial charge on any atom is 0.343 e. The highest BCUT2D eigenvalue weighted by Gasteiger charge is 2.17. The number of benzene rings is 2. The smallest absolute Gasteiger partial charge is 0.343 e. The average Bonchev–Trinajstić information content (AvgIpc) is 2.73. The van der Waals surface area contributed by atoms with E-state index in [1.54, 1.807) is 0 Å². The highest BCUT2D eigenvalue weighted by atomic mass is 32.2. The molecule has 0 aliphatic rings. The maximum absolute atomic E-state index is 12.1. The lowest BCUT2D eigenvalue weighted by atomic mass is 10.2. The number of nitriles is 1. The van der Waals surface area contributed by atoms with Gasteiger partial charge in [0.15, 0.2) is 0 Å². The van der Waals surface area contributed by atoms with Gasteiger partial charge >= 0.3 is 11.9 Å². The molecule has 0 heterocycles. The fourth-order valence-electron chi connectivity index (χ4n) is 2.05. The molecule has 2 aromatic carbocycles. The fourth-order valence-corrected chi connectivity index (χ4v) is 2.99. The van der Waals surface area contributed by atoms with E-state index in [0.29, 0.717) is 5.56 Å². The monoisotopic (exact) mass is 415 g/mol. The van der Waals surface area contributed by atoms with Crippen LogP contribution < -0.4 is 4.74 Å². The summed E-state index contributed by atoms with van der Waals surface area (Å²) in [6, 6.07) is 13.0. The molecule has 8 nitrogen and oxygen atoms in total. The van der Waals surface area contributed by atoms with Crippen molar-refractivity contribution in [3.8, 4) is 11.8 Å². The summed E-state index contributed by atoms with van der Waals surface area (Å²) in [6.45, 7) is 3.07. The molecule has 2 rings (SSSR count). The third-order valence-electron chi connectivity index (χ3n) is 3.51. The van der Waals surface area contributed by atoms with E-state index in [-0.39, 0.29) is 35.8 Å². The first kappa shape index (κ1) is 21.8. The molecule has 0 amide bonds. The van der Waals surface area contributed by atoms with Crippen LogP contribution in [0.15, 0.2) is 66.1 Å². The third-order valence-corrected chi connectivity index (χ3v) is 4.84. The van der Waals surface area contributed by atoms with Gasteiger partial charge in [0.05, 0.1) is 35.3 Å². The zero-order valence-corrected chi connectivity index (χ0v) is 16.1. The largest absolute Gasteiger partial charge is 0.462 e. The quantitative estimate of drug-likeness (QED) is 0.201. The van der Waals surface area contributed by atoms with Crippen molar-refractivity contribution < 1.29 is 31.7 Å². The molecule has 29 heavy (non-hydrogen) atoms. The van der Waals surface area contributed by atoms with Crippen molar-refractivity contribution in [3.05, 3.63) is 72.3 Å². The van der Waals surface area contributed by atoms with Crippen LogP contribution >= 0.6 is 0 Å². The van der Waals surface area contributed by atoms with E-state index in [2.05, 4.69) is 6.58 Å². The number of ether oxygens (including phenoxy) is 2. The number of hydrogen-bond acceptors (Lipinski definition) is 8. The Bertz CT molecular complexity index is 1020. The van der Waals surface area contributed by atoms with E-state index in [9.17, 15) is 18.0 Å². The second-order valence-corrected chi connectivity index (χ2v) is 7.17. The zero-order valence-electron chi connectivity index (χ0n) is 15.2. The molecule has 0 saturated carbocycles. The predicted molar refractivity (Wildman–Crippen MR) is 101 cm³/mol. The zero-order chi connectivity index (χ0) is 21.3. The van der Waals surface area contributed by atoms with Crippen LogP contribution in [0, 0.1) is 11.3 Å². The summed E-state index contributed by atoms with van der Waals surface area (Å²) < 4.78 is 39.0. The van der Waals surface area contributed by atoms with Crippen molar-refractivity contribution in [3.63, 3.8) is 0 Å². The van der Waals surface area contributed by atoms with Crippen molar-refractivity contribution in [2.75, 3.05) is 13.2 Å². The summed E-state index contributed by atoms with van der Waals surface area (Å²) >= 11 is 0. The first-order valence-corrected chi connectivity index (χ1v) is 9.77. The lowest BCUT2D eigenvalue weighted by Gasteiger charge is -2.07. The molecular weight excluding hydrogens is 398 g/mol. The van der Waals surface area contributed by atoms with Gasteiger partial charge in [0.25, 0.3) is 10.1 Å². The molecule has 0 aromatic heterocycles. The summed E-state index contributed by atoms with van der Waals surface area (Å²) in [6.07, 6.45) is 1.19. The molecular formula is C20H17NO7S. The van der Waals surface area contributed by atoms with Crippen LogP contribution in [0.5, 0.6) is 5.75 Å². The fraction of sp³-hybridized carbons (Fsp3) is 0.150. The average molecular weight is 415 g/mol. The predicted octanol–water partition coefficient (Wildman–Crippen LogP) is 2.60. The van der Waals surface area contributed by atoms with Gasteiger partial charge in [-0.1, -0.05) is 6.58 Å². The lowest BCUT2D eigenvalue weighted by molar-refractivity contribution is -0.137. The van der Waals surface area contributed by atoms with Crippen molar-refractivity contribution in [1.82, 2.24) is 0 Å². The number of nitrogens with zero attached hydrogens (tertiary/aromatic N) is 1. The minimum atomic E-state index is -4.02. The van der Waals surface area contributed by atoms with Gasteiger partial charge in [-0.2, -0.15) is 13.7 Å². The Morgan fingerprint density at radius 1 is 1.03 bits per heavy atom. The standard InChI is InChI=1S/C20H17NO7S/c1-2-19(22)26-12-3-13-27-29(24,25)18-10-6-16(7-11-18)20(23)28-17-8-4-15(14-21)5-9-17/h2,4-11H,1,3,12-13H2. The van der Waals surface area contributed by atoms with E-state index in [4.69, 9.17) is 18.9 Å². The first-order chi connectivity index (χ1) is 13.9. The van der Waals surface area contributed by atoms with Gasteiger partial charge in [-0.3, -0.25) is 4.18 Å². The second kappa shape index (κ2) is 10.2. The summed E-state index contributed by atoms with van der Waals surface area (Å²) in [5.74, 6) is -1.02. The van der Waals surface area contributed by atoms with Gasteiger partial charge in [-0.15, -0.1) is 0 Å². The molecule has 150 valence electrons. The summed E-state index contributed by atoms with van der Waals surface area (Å²) in [5, 5.41) is 8.75. The number of hydrogen-bond donors (Lipinski definition) is 0. The molecule has 0 saturated heterocycles. The summed E-state index contributed by atoms with van der Waals surface area (Å²) in [7, 11) is -4.02. The molecule has 9 heteroatoms. The Hall–Kier alpha value is -3.48. The molecule has 0 fully saturated rings. The van der Waals surface area contributed by atoms with Crippen LogP contribution in [0.25, 0.3) is 0 Å². The highest BCUT2D eigenvalue weighted by Crippen LogP contribution is 2.17. The van der Waals surface area contributed by atoms with Crippen LogP contribution in [0.1, 0.15) is 22.3 Å². The number of esters is 2. The van der Waals surface area contributed by atoms with Crippen LogP contribution in [0.3, 0.4) is 0 Å². The van der Waals surface area contributed by atoms with Gasteiger partial charge < -0.3 is 9.47 Å². The molecule has 0 aliphatic heterocycles. The van der Waals surface area contributed by atoms with Crippen LogP contribution in [0.2, 0.25) is 0 Å². The number of rotatable bonds is 9. The first-order valence-electron chi connectivity index (χ1n) is 8.37. The molecule has 2 aromatic rings. The molecule has 0 atom stereocenters. The minimum Gasteiger partial charge on any atom is -0.462 e. The normalized spacial score (nSPS) is 10.6. The lowest BCUT2D eigenvalue weighted by Crippen LogP contribution is -2.12. The van der Waals surface area contributed by atoms with E-state index >= 15 is 0 Å². The van der Waals surface area contributed by atoms with Gasteiger partial charge in [0, 0.05) is 12.5 Å². The molecule has 0 aliphatic carbocycles. The molecule has 0 unspecified atom stereocenters. The molecule has 0 radical (unpaired) electrons. The Morgan fingerprint density at radius 2 is 1.69 bits per heavy atom. The van der Waals surface area contributed by atoms with E-state index < -0.39 is 22.1 Å². The van der Waals surface area contributed by atoms with Gasteiger partial charge in [0.1, 0.15) is 5.75 Å². The van der Waals surface area contributed by atoms with Gasteiger partial charge in [-0.25, -0.2) is 9.59 Å². The molecule has 0 N–H and O–H groups in total. The minimum absolute atomic E-state index is 0.000494. The van der Waals surface area contributed by atoms with E-state index in [0.717, 1.165) is 6.08 Å². The topological polar surface area (TPSA) is 120 Å². The second-order valence-electron chi connectivity index (χ2n) is 5.55. The number of carbonyl (C=O) groups is 2. The molecule has 0 spiro atoms. The van der Waals surface area contributed by atoms with Crippen molar-refractivity contribution in [1.29, 1.82) is 5.26 Å². The van der Waals surface area contributed by atoms with Crippen LogP contribution in [-0.2, 0) is 23.8 Å². The van der Waals surface area contributed by atoms with Crippen molar-refractivity contribution >= 4 is 22.1 Å². The highest BCUT2D eigenvalue weighted by molar-refractivity contribution is 7.86. The Kier molecular flexibility index (Phi) is 7.65. The third kappa shape index (κ3) is 6.57. The maximum atomic E-state index is 12.1. The Morgan fingerprint density at radius 3 is 2.28 bits per heavy atom. The SMILES string of the molecule is C=CC(=O)OCCCOS(=O)(=O)c1ccc(C(=O)Oc2ccc(C#N)cc2)cc1. The summed E-state index contributed by atoms with van der Waals surface area (Å²) in [5.41, 5.74) is 0.572. The van der Waals surface area contributed by atoms with E-state index in [1.165, 1.54) is 48.5 Å². The van der Waals surface area contributed by atoms with Crippen molar-refractivity contribution in [2.24, 2.45) is 0 Å². The Labute approximate surface area is 168 Å². The van der Waals surface area contributed by atoms with Gasteiger partial charge in [-0.05, 0) is 48.5 Å². The molecule has 0 bridgehead atoms. The van der Waals surface area contributed by atoms with Crippen LogP contribution in [-0.4, -0.2) is 33.6 Å².